The molecule has 0 aromatic carbocycles. The molecule has 1 saturated carbocycles. The van der Waals surface area contributed by atoms with E-state index in [1.165, 1.54) is 6.42 Å². The topological polar surface area (TPSA) is 98.7 Å². The summed E-state index contributed by atoms with van der Waals surface area (Å²) >= 11 is 5.44. The van der Waals surface area contributed by atoms with E-state index in [1.807, 2.05) is 13.8 Å². The number of carbonyl (C=O) groups is 3. The maximum Gasteiger partial charge on any atom is 0.244 e. The van der Waals surface area contributed by atoms with Gasteiger partial charge >= 0.3 is 0 Å². The van der Waals surface area contributed by atoms with E-state index >= 15 is 0 Å². The lowest BCUT2D eigenvalue weighted by molar-refractivity contribution is -0.143. The van der Waals surface area contributed by atoms with Crippen LogP contribution in [0.4, 0.5) is 0 Å². The Kier molecular flexibility index (Phi) is 7.47. The SMILES string of the molecule is CCCNC(=O)[C@H]1[C@H]2C(=O)N([C@@H](CC)CO)C(C(=O)NC3CCCCC3)C23CC(Br)[C@@H]1S3. The molecule has 4 rings (SSSR count). The minimum absolute atomic E-state index is 0.0258. The van der Waals surface area contributed by atoms with E-state index in [2.05, 4.69) is 26.6 Å². The molecule has 0 aromatic rings. The Hall–Kier alpha value is -0.800. The van der Waals surface area contributed by atoms with Crippen LogP contribution in [-0.4, -0.2) is 73.8 Å². The summed E-state index contributed by atoms with van der Waals surface area (Å²) in [5, 5.41) is 16.3. The minimum atomic E-state index is -0.655. The van der Waals surface area contributed by atoms with E-state index in [0.717, 1.165) is 32.1 Å². The highest BCUT2D eigenvalue weighted by Crippen LogP contribution is 2.68. The number of alkyl halides is 1. The van der Waals surface area contributed by atoms with Crippen LogP contribution in [0.1, 0.15) is 65.2 Å². The highest BCUT2D eigenvalue weighted by molar-refractivity contribution is 9.09. The quantitative estimate of drug-likeness (QED) is 0.418. The maximum absolute atomic E-state index is 13.9. The van der Waals surface area contributed by atoms with Crippen molar-refractivity contribution in [1.82, 2.24) is 15.5 Å². The number of halogens is 1. The fraction of sp³-hybridized carbons (Fsp3) is 0.870. The van der Waals surface area contributed by atoms with Gasteiger partial charge < -0.3 is 20.6 Å². The van der Waals surface area contributed by atoms with Crippen molar-refractivity contribution in [1.29, 1.82) is 0 Å². The molecule has 3 heterocycles. The highest BCUT2D eigenvalue weighted by Gasteiger charge is 2.76. The van der Waals surface area contributed by atoms with Gasteiger partial charge in [0.15, 0.2) is 0 Å². The molecule has 3 amide bonds. The van der Waals surface area contributed by atoms with E-state index in [9.17, 15) is 19.5 Å². The number of hydrogen-bond donors (Lipinski definition) is 3. The first-order valence-electron chi connectivity index (χ1n) is 12.2. The molecule has 3 aliphatic heterocycles. The number of aliphatic hydroxyl groups is 1. The van der Waals surface area contributed by atoms with Crippen molar-refractivity contribution in [2.45, 2.75) is 98.2 Å². The van der Waals surface area contributed by atoms with Crippen LogP contribution in [-0.2, 0) is 14.4 Å². The number of amides is 3. The van der Waals surface area contributed by atoms with Crippen molar-refractivity contribution >= 4 is 45.4 Å². The lowest BCUT2D eigenvalue weighted by atomic mass is 9.70. The van der Waals surface area contributed by atoms with E-state index in [0.29, 0.717) is 19.4 Å². The second-order valence-electron chi connectivity index (χ2n) is 9.79. The second-order valence-corrected chi connectivity index (χ2v) is 12.5. The molecule has 3 saturated heterocycles. The first-order chi connectivity index (χ1) is 15.4. The summed E-state index contributed by atoms with van der Waals surface area (Å²) in [5.74, 6) is -1.31. The number of nitrogens with zero attached hydrogens (tertiary/aromatic N) is 1. The highest BCUT2D eigenvalue weighted by atomic mass is 79.9. The van der Waals surface area contributed by atoms with Crippen LogP contribution in [0.15, 0.2) is 0 Å². The molecule has 0 radical (unpaired) electrons. The van der Waals surface area contributed by atoms with Crippen LogP contribution in [0.25, 0.3) is 0 Å². The Morgan fingerprint density at radius 1 is 1.25 bits per heavy atom. The number of nitrogens with one attached hydrogen (secondary N) is 2. The molecule has 0 aromatic heterocycles. The molecule has 180 valence electrons. The molecule has 1 aliphatic carbocycles. The van der Waals surface area contributed by atoms with Crippen LogP contribution >= 0.6 is 27.7 Å². The van der Waals surface area contributed by atoms with Crippen LogP contribution in [0, 0.1) is 11.8 Å². The molecular formula is C23H36BrN3O4S. The van der Waals surface area contributed by atoms with Gasteiger partial charge in [0.25, 0.3) is 0 Å². The largest absolute Gasteiger partial charge is 0.394 e. The first-order valence-corrected chi connectivity index (χ1v) is 14.0. The molecule has 3 N–H and O–H groups in total. The Balaban J connectivity index is 1.69. The van der Waals surface area contributed by atoms with Gasteiger partial charge in [-0.2, -0.15) is 0 Å². The zero-order chi connectivity index (χ0) is 23.0. The smallest absolute Gasteiger partial charge is 0.244 e. The molecule has 1 spiro atoms. The number of fused-ring (bicyclic) bond motifs is 1. The van der Waals surface area contributed by atoms with Crippen LogP contribution in [0.5, 0.6) is 0 Å². The fourth-order valence-electron chi connectivity index (χ4n) is 6.37. The Morgan fingerprint density at radius 3 is 2.59 bits per heavy atom. The van der Waals surface area contributed by atoms with Crippen molar-refractivity contribution in [2.75, 3.05) is 13.2 Å². The molecule has 4 fully saturated rings. The summed E-state index contributed by atoms with van der Waals surface area (Å²) in [7, 11) is 0. The number of thioether (sulfide) groups is 1. The summed E-state index contributed by atoms with van der Waals surface area (Å²) < 4.78 is -0.633. The average Bonchev–Trinajstić information content (AvgIpc) is 3.37. The van der Waals surface area contributed by atoms with Gasteiger partial charge in [0.05, 0.1) is 29.2 Å². The molecule has 9 heteroatoms. The van der Waals surface area contributed by atoms with Crippen molar-refractivity contribution in [3.63, 3.8) is 0 Å². The molecule has 7 nitrogen and oxygen atoms in total. The molecule has 7 atom stereocenters. The number of rotatable bonds is 8. The fourth-order valence-corrected chi connectivity index (χ4v) is 9.97. The molecule has 2 bridgehead atoms. The van der Waals surface area contributed by atoms with E-state index in [4.69, 9.17) is 0 Å². The van der Waals surface area contributed by atoms with Gasteiger partial charge in [-0.25, -0.2) is 0 Å². The lowest BCUT2D eigenvalue weighted by Crippen LogP contribution is -2.58. The Morgan fingerprint density at radius 2 is 1.97 bits per heavy atom. The maximum atomic E-state index is 13.9. The molecule has 3 unspecified atom stereocenters. The standard InChI is InChI=1S/C23H36BrN3O4S/c1-3-10-25-20(29)16-17-22(31)27(14(4-2)12-28)19(23(17)11-15(24)18(16)32-23)21(30)26-13-8-6-5-7-9-13/h13-19,28H,3-12H2,1-2H3,(H,25,29)(H,26,30)/t14-,15?,16-,17-,18-,19?,23?/m0/s1. The Labute approximate surface area is 203 Å². The van der Waals surface area contributed by atoms with Crippen molar-refractivity contribution in [2.24, 2.45) is 11.8 Å². The number of carbonyl (C=O) groups excluding carboxylic acids is 3. The van der Waals surface area contributed by atoms with Gasteiger partial charge in [0.2, 0.25) is 17.7 Å². The summed E-state index contributed by atoms with van der Waals surface area (Å²) in [6.07, 6.45) is 7.44. The summed E-state index contributed by atoms with van der Waals surface area (Å²) in [5.41, 5.74) is 0. The summed E-state index contributed by atoms with van der Waals surface area (Å²) in [4.78, 5) is 42.5. The van der Waals surface area contributed by atoms with Crippen LogP contribution in [0.2, 0.25) is 0 Å². The second kappa shape index (κ2) is 9.82. The number of aliphatic hydroxyl groups excluding tert-OH is 1. The first kappa shape index (κ1) is 24.3. The van der Waals surface area contributed by atoms with Crippen molar-refractivity contribution < 1.29 is 19.5 Å². The van der Waals surface area contributed by atoms with E-state index < -0.39 is 28.7 Å². The van der Waals surface area contributed by atoms with Crippen molar-refractivity contribution in [3.8, 4) is 0 Å². The number of likely N-dealkylation sites (tertiary alicyclic amines) is 1. The molecular weight excluding hydrogens is 494 g/mol. The predicted molar refractivity (Wildman–Crippen MR) is 129 cm³/mol. The third-order valence-corrected chi connectivity index (χ3v) is 11.1. The Bertz CT molecular complexity index is 745. The van der Waals surface area contributed by atoms with E-state index in [1.54, 1.807) is 16.7 Å². The zero-order valence-electron chi connectivity index (χ0n) is 19.0. The molecule has 32 heavy (non-hydrogen) atoms. The predicted octanol–water partition coefficient (Wildman–Crippen LogP) is 2.20. The van der Waals surface area contributed by atoms with Gasteiger partial charge in [-0.15, -0.1) is 11.8 Å². The monoisotopic (exact) mass is 529 g/mol. The van der Waals surface area contributed by atoms with Gasteiger partial charge in [0, 0.05) is 22.7 Å². The molecule has 4 aliphatic rings. The van der Waals surface area contributed by atoms with E-state index in [-0.39, 0.29) is 40.4 Å². The van der Waals surface area contributed by atoms with Gasteiger partial charge in [-0.3, -0.25) is 14.4 Å². The lowest BCUT2D eigenvalue weighted by Gasteiger charge is -2.38. The minimum Gasteiger partial charge on any atom is -0.394 e. The third kappa shape index (κ3) is 3.90. The van der Waals surface area contributed by atoms with Gasteiger partial charge in [0.1, 0.15) is 6.04 Å². The van der Waals surface area contributed by atoms with Crippen molar-refractivity contribution in [3.05, 3.63) is 0 Å². The average molecular weight is 531 g/mol. The normalized spacial score (nSPS) is 37.4. The zero-order valence-corrected chi connectivity index (χ0v) is 21.4. The van der Waals surface area contributed by atoms with Crippen LogP contribution < -0.4 is 10.6 Å². The summed E-state index contributed by atoms with van der Waals surface area (Å²) in [6.45, 7) is 4.33. The van der Waals surface area contributed by atoms with Gasteiger partial charge in [-0.1, -0.05) is 49.0 Å². The van der Waals surface area contributed by atoms with Crippen LogP contribution in [0.3, 0.4) is 0 Å². The third-order valence-electron chi connectivity index (χ3n) is 7.85. The van der Waals surface area contributed by atoms with Gasteiger partial charge in [-0.05, 0) is 32.1 Å². The summed E-state index contributed by atoms with van der Waals surface area (Å²) in [6, 6.07) is -0.930. The number of hydrogen-bond acceptors (Lipinski definition) is 5.